The second kappa shape index (κ2) is 8.65. The van der Waals surface area contributed by atoms with Crippen LogP contribution in [0.1, 0.15) is 106 Å². The molecule has 0 aromatic carbocycles. The molecule has 0 amide bonds. The third-order valence-corrected chi connectivity index (χ3v) is 13.5. The summed E-state index contributed by atoms with van der Waals surface area (Å²) in [6.45, 7) is 16.0. The number of carbonyl (C=O) groups excluding carboxylic acids is 2. The summed E-state index contributed by atoms with van der Waals surface area (Å²) in [7, 11) is 0. The van der Waals surface area contributed by atoms with Gasteiger partial charge in [-0.05, 0) is 117 Å². The Morgan fingerprint density at radius 1 is 1.00 bits per heavy atom. The van der Waals surface area contributed by atoms with Gasteiger partial charge in [-0.25, -0.2) is 0 Å². The molecule has 5 rings (SSSR count). The highest BCUT2D eigenvalue weighted by molar-refractivity contribution is 5.94. The van der Waals surface area contributed by atoms with Crippen LogP contribution < -0.4 is 0 Å². The van der Waals surface area contributed by atoms with Gasteiger partial charge in [0.1, 0.15) is 6.10 Å². The molecule has 0 aliphatic heterocycles. The first kappa shape index (κ1) is 27.9. The van der Waals surface area contributed by atoms with Gasteiger partial charge >= 0.3 is 11.9 Å². The van der Waals surface area contributed by atoms with Gasteiger partial charge in [0.05, 0.1) is 11.5 Å². The summed E-state index contributed by atoms with van der Waals surface area (Å²) < 4.78 is 6.16. The summed E-state index contributed by atoms with van der Waals surface area (Å²) in [6.07, 6.45) is 7.37. The second-order valence-electron chi connectivity index (χ2n) is 14.7. The Bertz CT molecular complexity index is 1070. The Labute approximate surface area is 228 Å². The van der Waals surface area contributed by atoms with E-state index in [1.165, 1.54) is 6.92 Å². The van der Waals surface area contributed by atoms with Crippen molar-refractivity contribution in [2.45, 2.75) is 118 Å². The fourth-order valence-electron chi connectivity index (χ4n) is 11.4. The highest BCUT2D eigenvalue weighted by atomic mass is 16.5. The summed E-state index contributed by atoms with van der Waals surface area (Å²) in [6, 6.07) is 0. The number of fused-ring (bicyclic) bond motifs is 2. The molecule has 0 unspecified atom stereocenters. The molecule has 212 valence electrons. The normalized spacial score (nSPS) is 49.5. The standard InChI is InChI=1S/C32H48O6/c1-18(2)22(34)9-8-19(3)21-10-12-29(6)26-23(38-20(4)33)16-24-30(7,27(36)37)25(35)11-13-31(24)17-32(26,31)15-14-28(21,29)5/h19,21,23-26,35H,1,8-17H2,2-7H3,(H,36,37)/t19-,21-,23+,24-,25+,26+,28-,29+,30+,31-,32+/m1/s1. The van der Waals surface area contributed by atoms with Crippen molar-refractivity contribution in [3.8, 4) is 0 Å². The van der Waals surface area contributed by atoms with E-state index in [2.05, 4.69) is 27.4 Å². The first-order valence-corrected chi connectivity index (χ1v) is 14.9. The molecule has 2 N–H and O–H groups in total. The quantitative estimate of drug-likeness (QED) is 0.313. The Morgan fingerprint density at radius 2 is 1.68 bits per heavy atom. The minimum atomic E-state index is -1.23. The number of Topliss-reactive ketones (excluding diaryl/α,β-unsaturated/α-hetero) is 1. The Balaban J connectivity index is 1.51. The molecule has 0 bridgehead atoms. The zero-order chi connectivity index (χ0) is 28.1. The zero-order valence-electron chi connectivity index (χ0n) is 24.3. The smallest absolute Gasteiger partial charge is 0.312 e. The van der Waals surface area contributed by atoms with Crippen molar-refractivity contribution in [3.63, 3.8) is 0 Å². The molecule has 5 saturated carbocycles. The van der Waals surface area contributed by atoms with Crippen molar-refractivity contribution in [3.05, 3.63) is 12.2 Å². The molecule has 2 spiro atoms. The van der Waals surface area contributed by atoms with Crippen LogP contribution in [0.2, 0.25) is 0 Å². The number of carboxylic acids is 1. The van der Waals surface area contributed by atoms with Crippen molar-refractivity contribution >= 4 is 17.7 Å². The van der Waals surface area contributed by atoms with E-state index in [1.807, 2.05) is 0 Å². The molecule has 0 saturated heterocycles. The summed E-state index contributed by atoms with van der Waals surface area (Å²) in [5.74, 6) is -0.183. The Morgan fingerprint density at radius 3 is 2.29 bits per heavy atom. The van der Waals surface area contributed by atoms with Crippen molar-refractivity contribution < 1.29 is 29.3 Å². The third-order valence-electron chi connectivity index (χ3n) is 13.5. The number of carbonyl (C=O) groups is 3. The average Bonchev–Trinajstić information content (AvgIpc) is 3.40. The number of aliphatic hydroxyl groups is 1. The lowest BCUT2D eigenvalue weighted by atomic mass is 9.41. The van der Waals surface area contributed by atoms with E-state index in [0.29, 0.717) is 36.7 Å². The van der Waals surface area contributed by atoms with Crippen LogP contribution in [-0.4, -0.2) is 40.1 Å². The number of esters is 1. The van der Waals surface area contributed by atoms with Crippen LogP contribution in [0.3, 0.4) is 0 Å². The van der Waals surface area contributed by atoms with Crippen LogP contribution in [0.25, 0.3) is 0 Å². The van der Waals surface area contributed by atoms with Gasteiger partial charge in [-0.1, -0.05) is 27.4 Å². The third kappa shape index (κ3) is 3.37. The van der Waals surface area contributed by atoms with Crippen LogP contribution in [0.4, 0.5) is 0 Å². The first-order chi connectivity index (χ1) is 17.6. The van der Waals surface area contributed by atoms with Gasteiger partial charge in [0.2, 0.25) is 0 Å². The van der Waals surface area contributed by atoms with Crippen LogP contribution in [0, 0.1) is 50.7 Å². The van der Waals surface area contributed by atoms with Gasteiger partial charge in [-0.15, -0.1) is 0 Å². The maximum absolute atomic E-state index is 12.7. The van der Waals surface area contributed by atoms with Crippen molar-refractivity contribution in [2.24, 2.45) is 50.7 Å². The maximum Gasteiger partial charge on any atom is 0.312 e. The van der Waals surface area contributed by atoms with Crippen LogP contribution in [0.15, 0.2) is 12.2 Å². The minimum absolute atomic E-state index is 0.0326. The second-order valence-corrected chi connectivity index (χ2v) is 14.7. The van der Waals surface area contributed by atoms with Gasteiger partial charge < -0.3 is 14.9 Å². The zero-order valence-corrected chi connectivity index (χ0v) is 24.3. The lowest BCUT2D eigenvalue weighted by Crippen LogP contribution is -2.64. The van der Waals surface area contributed by atoms with Crippen LogP contribution in [0.5, 0.6) is 0 Å². The predicted molar refractivity (Wildman–Crippen MR) is 144 cm³/mol. The number of carboxylic acid groups (broad SMARTS) is 1. The van der Waals surface area contributed by atoms with Crippen LogP contribution in [-0.2, 0) is 19.1 Å². The van der Waals surface area contributed by atoms with Crippen molar-refractivity contribution in [1.29, 1.82) is 0 Å². The fourth-order valence-corrected chi connectivity index (χ4v) is 11.4. The molecule has 0 aromatic heterocycles. The molecule has 5 aliphatic rings. The number of ketones is 1. The molecule has 0 heterocycles. The Hall–Kier alpha value is -1.69. The molecule has 5 fully saturated rings. The lowest BCUT2D eigenvalue weighted by Gasteiger charge is -2.64. The average molecular weight is 529 g/mol. The highest BCUT2D eigenvalue weighted by Gasteiger charge is 2.85. The number of hydrogen-bond donors (Lipinski definition) is 2. The number of aliphatic hydroxyl groups excluding tert-OH is 1. The van der Waals surface area contributed by atoms with E-state index in [1.54, 1.807) is 13.8 Å². The van der Waals surface area contributed by atoms with E-state index in [9.17, 15) is 24.6 Å². The summed E-state index contributed by atoms with van der Waals surface area (Å²) >= 11 is 0. The van der Waals surface area contributed by atoms with E-state index in [-0.39, 0.29) is 51.4 Å². The van der Waals surface area contributed by atoms with Gasteiger partial charge in [0.25, 0.3) is 0 Å². The molecule has 6 heteroatoms. The number of rotatable bonds is 7. The molecular weight excluding hydrogens is 480 g/mol. The minimum Gasteiger partial charge on any atom is -0.481 e. The molecule has 6 nitrogen and oxygen atoms in total. The van der Waals surface area contributed by atoms with E-state index >= 15 is 0 Å². The SMILES string of the molecule is C=C(C)C(=O)CC[C@@H](C)[C@H]1CC[C@@]2(C)[C@@H]3[C@@H](OC(C)=O)C[C@@H]4[C@](C)(C(=O)O)[C@@H](O)CC[C@@]45C[C@@]35CC[C@]12C. The number of allylic oxidation sites excluding steroid dienone is 1. The highest BCUT2D eigenvalue weighted by Crippen LogP contribution is 2.89. The van der Waals surface area contributed by atoms with Gasteiger partial charge in [0, 0.05) is 19.3 Å². The summed E-state index contributed by atoms with van der Waals surface area (Å²) in [5.41, 5.74) is -0.696. The molecule has 0 radical (unpaired) electrons. The molecule has 0 aromatic rings. The number of ether oxygens (including phenoxy) is 1. The molecule has 11 atom stereocenters. The topological polar surface area (TPSA) is 101 Å². The molecule has 5 aliphatic carbocycles. The largest absolute Gasteiger partial charge is 0.481 e. The molecular formula is C32H48O6. The monoisotopic (exact) mass is 528 g/mol. The maximum atomic E-state index is 12.7. The van der Waals surface area contributed by atoms with Crippen LogP contribution >= 0.6 is 0 Å². The summed E-state index contributed by atoms with van der Waals surface area (Å²) in [5, 5.41) is 21.3. The van der Waals surface area contributed by atoms with E-state index in [0.717, 1.165) is 44.9 Å². The van der Waals surface area contributed by atoms with Gasteiger partial charge in [-0.2, -0.15) is 0 Å². The fraction of sp³-hybridized carbons (Fsp3) is 0.844. The van der Waals surface area contributed by atoms with Crippen molar-refractivity contribution in [2.75, 3.05) is 0 Å². The molecule has 38 heavy (non-hydrogen) atoms. The van der Waals surface area contributed by atoms with Crippen molar-refractivity contribution in [1.82, 2.24) is 0 Å². The van der Waals surface area contributed by atoms with E-state index < -0.39 is 17.5 Å². The van der Waals surface area contributed by atoms with Gasteiger partial charge in [-0.3, -0.25) is 14.4 Å². The first-order valence-electron chi connectivity index (χ1n) is 14.9. The number of hydrogen-bond acceptors (Lipinski definition) is 5. The number of aliphatic carboxylic acids is 1. The predicted octanol–water partition coefficient (Wildman–Crippen LogP) is 5.95. The van der Waals surface area contributed by atoms with Gasteiger partial charge in [0.15, 0.2) is 5.78 Å². The summed E-state index contributed by atoms with van der Waals surface area (Å²) in [4.78, 5) is 37.4. The van der Waals surface area contributed by atoms with E-state index in [4.69, 9.17) is 4.74 Å². The Kier molecular flexibility index (Phi) is 6.34. The lowest BCUT2D eigenvalue weighted by molar-refractivity contribution is -0.219.